The molecule has 0 aromatic carbocycles. The molecule has 19 heavy (non-hydrogen) atoms. The van der Waals surface area contributed by atoms with Gasteiger partial charge in [0.25, 0.3) is 5.91 Å². The van der Waals surface area contributed by atoms with Crippen LogP contribution in [-0.4, -0.2) is 77.1 Å². The van der Waals surface area contributed by atoms with Crippen LogP contribution in [0.4, 0.5) is 0 Å². The average molecular weight is 265 g/mol. The van der Waals surface area contributed by atoms with Gasteiger partial charge in [0, 0.05) is 25.6 Å². The zero-order valence-electron chi connectivity index (χ0n) is 11.3. The van der Waals surface area contributed by atoms with Crippen molar-refractivity contribution in [2.45, 2.75) is 13.0 Å². The lowest BCUT2D eigenvalue weighted by Crippen LogP contribution is -2.45. The summed E-state index contributed by atoms with van der Waals surface area (Å²) in [5, 5.41) is 10.4. The third-order valence-corrected chi connectivity index (χ3v) is 3.96. The van der Waals surface area contributed by atoms with Crippen molar-refractivity contribution >= 4 is 5.91 Å². The van der Waals surface area contributed by atoms with Crippen molar-refractivity contribution in [3.05, 3.63) is 11.4 Å². The number of rotatable bonds is 1. The number of likely N-dealkylation sites (N-methyl/N-ethyl adjacent to an activating group) is 1. The van der Waals surface area contributed by atoms with Gasteiger partial charge in [-0.25, -0.2) is 0 Å². The number of hydrogen-bond donors (Lipinski definition) is 1. The quantitative estimate of drug-likeness (QED) is 0.742. The lowest BCUT2D eigenvalue weighted by Gasteiger charge is -2.29. The highest BCUT2D eigenvalue weighted by Crippen LogP contribution is 2.19. The number of aromatic amines is 1. The van der Waals surface area contributed by atoms with Gasteiger partial charge in [0.15, 0.2) is 5.69 Å². The highest BCUT2D eigenvalue weighted by molar-refractivity contribution is 5.93. The molecule has 0 unspecified atom stereocenters. The molecule has 2 aliphatic heterocycles. The molecule has 0 aliphatic carbocycles. The predicted octanol–water partition coefficient (Wildman–Crippen LogP) is -0.484. The van der Waals surface area contributed by atoms with E-state index in [0.29, 0.717) is 30.5 Å². The van der Waals surface area contributed by atoms with Gasteiger partial charge in [-0.3, -0.25) is 9.69 Å². The molecular formula is C12H19N5O2. The van der Waals surface area contributed by atoms with Gasteiger partial charge in [0.05, 0.1) is 24.9 Å². The van der Waals surface area contributed by atoms with Crippen LogP contribution in [0.2, 0.25) is 0 Å². The second kappa shape index (κ2) is 4.90. The zero-order valence-corrected chi connectivity index (χ0v) is 11.3. The third kappa shape index (κ3) is 2.35. The number of amides is 1. The molecule has 2 aliphatic rings. The SMILES string of the molecule is Cc1n[nH]nc1C(=O)N1C[C@@H]2COC[C@H](C1)N(C)C2. The van der Waals surface area contributed by atoms with E-state index in [1.54, 1.807) is 6.92 Å². The third-order valence-electron chi connectivity index (χ3n) is 3.96. The molecule has 7 heteroatoms. The fraction of sp³-hybridized carbons (Fsp3) is 0.750. The van der Waals surface area contributed by atoms with Gasteiger partial charge in [0.1, 0.15) is 0 Å². The summed E-state index contributed by atoms with van der Waals surface area (Å²) in [5.74, 6) is 0.340. The summed E-state index contributed by atoms with van der Waals surface area (Å²) in [5.41, 5.74) is 1.09. The van der Waals surface area contributed by atoms with Crippen LogP contribution in [0.5, 0.6) is 0 Å². The van der Waals surface area contributed by atoms with Gasteiger partial charge in [-0.2, -0.15) is 15.4 Å². The first-order chi connectivity index (χ1) is 9.15. The Morgan fingerprint density at radius 1 is 1.32 bits per heavy atom. The zero-order chi connectivity index (χ0) is 13.4. The first-order valence-electron chi connectivity index (χ1n) is 6.59. The van der Waals surface area contributed by atoms with Crippen LogP contribution in [0.15, 0.2) is 0 Å². The molecule has 0 radical (unpaired) electrons. The molecule has 2 fully saturated rings. The molecule has 2 bridgehead atoms. The predicted molar refractivity (Wildman–Crippen MR) is 67.8 cm³/mol. The van der Waals surface area contributed by atoms with Gasteiger partial charge < -0.3 is 9.64 Å². The molecule has 7 nitrogen and oxygen atoms in total. The van der Waals surface area contributed by atoms with E-state index in [4.69, 9.17) is 4.74 Å². The van der Waals surface area contributed by atoms with E-state index < -0.39 is 0 Å². The summed E-state index contributed by atoms with van der Waals surface area (Å²) in [7, 11) is 2.10. The molecule has 1 aromatic heterocycles. The summed E-state index contributed by atoms with van der Waals surface area (Å²) < 4.78 is 5.66. The van der Waals surface area contributed by atoms with Crippen molar-refractivity contribution in [2.24, 2.45) is 5.92 Å². The maximum atomic E-state index is 12.5. The second-order valence-corrected chi connectivity index (χ2v) is 5.46. The molecule has 1 amide bonds. The Balaban J connectivity index is 1.82. The monoisotopic (exact) mass is 265 g/mol. The number of ether oxygens (including phenoxy) is 1. The summed E-state index contributed by atoms with van der Waals surface area (Å²) in [4.78, 5) is 16.7. The fourth-order valence-corrected chi connectivity index (χ4v) is 2.85. The van der Waals surface area contributed by atoms with Crippen LogP contribution in [0, 0.1) is 12.8 Å². The smallest absolute Gasteiger partial charge is 0.276 e. The van der Waals surface area contributed by atoms with Crippen molar-refractivity contribution in [1.82, 2.24) is 25.2 Å². The molecule has 3 rings (SSSR count). The molecular weight excluding hydrogens is 246 g/mol. The maximum absolute atomic E-state index is 12.5. The van der Waals surface area contributed by atoms with Crippen LogP contribution < -0.4 is 0 Å². The standard InChI is InChI=1S/C12H19N5O2/c1-8-11(14-15-13-8)12(18)17-4-9-3-16(2)10(5-17)7-19-6-9/h9-10H,3-7H2,1-2H3,(H,13,14,15)/t9-,10+/m1/s1. The topological polar surface area (TPSA) is 74.3 Å². The Hall–Kier alpha value is -1.47. The highest BCUT2D eigenvalue weighted by atomic mass is 16.5. The normalized spacial score (nSPS) is 28.2. The maximum Gasteiger partial charge on any atom is 0.276 e. The number of nitrogens with one attached hydrogen (secondary N) is 1. The van der Waals surface area contributed by atoms with Crippen molar-refractivity contribution in [3.63, 3.8) is 0 Å². The minimum Gasteiger partial charge on any atom is -0.379 e. The molecule has 2 saturated heterocycles. The number of carbonyl (C=O) groups is 1. The Bertz CT molecular complexity index is 474. The van der Waals surface area contributed by atoms with Gasteiger partial charge in [0.2, 0.25) is 0 Å². The van der Waals surface area contributed by atoms with E-state index in [9.17, 15) is 4.79 Å². The molecule has 1 aromatic rings. The minimum atomic E-state index is -0.0292. The Morgan fingerprint density at radius 2 is 2.16 bits per heavy atom. The minimum absolute atomic E-state index is 0.0292. The van der Waals surface area contributed by atoms with Crippen molar-refractivity contribution in [2.75, 3.05) is 39.9 Å². The number of H-pyrrole nitrogens is 1. The molecule has 2 atom stereocenters. The van der Waals surface area contributed by atoms with Gasteiger partial charge in [-0.1, -0.05) is 0 Å². The van der Waals surface area contributed by atoms with Crippen LogP contribution >= 0.6 is 0 Å². The van der Waals surface area contributed by atoms with E-state index >= 15 is 0 Å². The Morgan fingerprint density at radius 3 is 2.89 bits per heavy atom. The first kappa shape index (κ1) is 12.6. The lowest BCUT2D eigenvalue weighted by molar-refractivity contribution is 0.0429. The number of carbonyl (C=O) groups excluding carboxylic acids is 1. The summed E-state index contributed by atoms with van der Waals surface area (Å²) >= 11 is 0. The number of nitrogens with zero attached hydrogens (tertiary/aromatic N) is 4. The van der Waals surface area contributed by atoms with E-state index in [1.807, 2.05) is 4.90 Å². The Kier molecular flexibility index (Phi) is 3.24. The van der Waals surface area contributed by atoms with Crippen LogP contribution in [-0.2, 0) is 4.74 Å². The van der Waals surface area contributed by atoms with Crippen molar-refractivity contribution < 1.29 is 9.53 Å². The fourth-order valence-electron chi connectivity index (χ4n) is 2.85. The van der Waals surface area contributed by atoms with E-state index in [2.05, 4.69) is 27.4 Å². The van der Waals surface area contributed by atoms with Gasteiger partial charge >= 0.3 is 0 Å². The van der Waals surface area contributed by atoms with Crippen molar-refractivity contribution in [3.8, 4) is 0 Å². The highest BCUT2D eigenvalue weighted by Gasteiger charge is 2.34. The van der Waals surface area contributed by atoms with E-state index in [0.717, 1.165) is 19.7 Å². The molecule has 0 spiro atoms. The van der Waals surface area contributed by atoms with Crippen LogP contribution in [0.25, 0.3) is 0 Å². The van der Waals surface area contributed by atoms with Gasteiger partial charge in [-0.15, -0.1) is 0 Å². The molecule has 3 heterocycles. The second-order valence-electron chi connectivity index (χ2n) is 5.46. The summed E-state index contributed by atoms with van der Waals surface area (Å²) in [6, 6.07) is 0.267. The molecule has 1 N–H and O–H groups in total. The largest absolute Gasteiger partial charge is 0.379 e. The number of aromatic nitrogens is 3. The Labute approximate surface area is 111 Å². The summed E-state index contributed by atoms with van der Waals surface area (Å²) in [6.45, 7) is 5.61. The molecule has 0 saturated carbocycles. The average Bonchev–Trinajstić information content (AvgIpc) is 2.61. The van der Waals surface area contributed by atoms with Crippen LogP contribution in [0.3, 0.4) is 0 Å². The molecule has 104 valence electrons. The number of hydrogen-bond acceptors (Lipinski definition) is 5. The first-order valence-corrected chi connectivity index (χ1v) is 6.59. The number of aryl methyl sites for hydroxylation is 1. The number of fused-ring (bicyclic) bond motifs is 3. The lowest BCUT2D eigenvalue weighted by atomic mass is 10.1. The van der Waals surface area contributed by atoms with Crippen molar-refractivity contribution in [1.29, 1.82) is 0 Å². The van der Waals surface area contributed by atoms with Crippen LogP contribution in [0.1, 0.15) is 16.2 Å². The van der Waals surface area contributed by atoms with E-state index in [-0.39, 0.29) is 11.9 Å². The van der Waals surface area contributed by atoms with Gasteiger partial charge in [-0.05, 0) is 14.0 Å². The van der Waals surface area contributed by atoms with E-state index in [1.165, 1.54) is 0 Å². The summed E-state index contributed by atoms with van der Waals surface area (Å²) in [6.07, 6.45) is 0.